The average Bonchev–Trinajstić information content (AvgIpc) is 2.67. The highest BCUT2D eigenvalue weighted by Gasteiger charge is 2.65. The normalized spacial score (nSPS) is 31.1. The fraction of sp³-hybridized carbons (Fsp3) is 0.739. The molecule has 0 nitrogen and oxygen atoms in total. The van der Waals surface area contributed by atoms with Crippen molar-refractivity contribution in [3.8, 4) is 0 Å². The van der Waals surface area contributed by atoms with Crippen LogP contribution in [0, 0.1) is 17.8 Å². The number of halogens is 5. The molecule has 1 aromatic rings. The molecule has 6 heteroatoms. The number of hydrogen-bond acceptors (Lipinski definition) is 0. The molecular weight excluding hydrogens is 403 g/mol. The fourth-order valence-corrected chi connectivity index (χ4v) is 6.20. The second-order valence-electron chi connectivity index (χ2n) is 9.43. The Hall–Kier alpha value is -0.780. The van der Waals surface area contributed by atoms with Crippen LogP contribution in [0.2, 0.25) is 0 Å². The largest absolute Gasteiger partial charge is 0.310 e. The Morgan fingerprint density at radius 2 is 1.24 bits per heavy atom. The van der Waals surface area contributed by atoms with Gasteiger partial charge in [0.25, 0.3) is 0 Å². The lowest BCUT2D eigenvalue weighted by Gasteiger charge is -2.41. The standard InChI is InChI=1S/C23H35F5S/c1-2-3-4-5-18-6-8-19(9-7-18)20-10-12-21(13-11-20)22-14-16-23(17-15-22)29(24,25,26,27)28/h14-21H,2-13H2,1H3/t18-,19-,20?,21?. The maximum absolute atomic E-state index is 12.9. The van der Waals surface area contributed by atoms with Gasteiger partial charge in [-0.2, -0.15) is 0 Å². The van der Waals surface area contributed by atoms with Gasteiger partial charge in [-0.1, -0.05) is 77.0 Å². The van der Waals surface area contributed by atoms with Crippen LogP contribution in [0.25, 0.3) is 0 Å². The molecule has 0 aliphatic heterocycles. The molecule has 0 N–H and O–H groups in total. The first-order valence-electron chi connectivity index (χ1n) is 11.3. The van der Waals surface area contributed by atoms with E-state index < -0.39 is 15.1 Å². The molecular formula is C23H35F5S. The third-order valence-corrected chi connectivity index (χ3v) is 8.51. The molecule has 0 heterocycles. The van der Waals surface area contributed by atoms with Gasteiger partial charge in [-0.15, -0.1) is 0 Å². The van der Waals surface area contributed by atoms with Crippen LogP contribution in [-0.4, -0.2) is 0 Å². The summed E-state index contributed by atoms with van der Waals surface area (Å²) in [6, 6.07) is 3.67. The predicted molar refractivity (Wildman–Crippen MR) is 112 cm³/mol. The van der Waals surface area contributed by atoms with Crippen LogP contribution in [-0.2, 0) is 0 Å². The first kappa shape index (κ1) is 22.9. The van der Waals surface area contributed by atoms with E-state index in [1.54, 1.807) is 0 Å². The molecule has 2 saturated carbocycles. The Morgan fingerprint density at radius 3 is 1.72 bits per heavy atom. The molecule has 168 valence electrons. The SMILES string of the molecule is CCCCC[C@H]1CC[C@H](C2CCC(c3ccc(S(F)(F)(F)(F)F)cc3)CC2)CC1. The summed E-state index contributed by atoms with van der Waals surface area (Å²) in [5.41, 5.74) is 0.772. The summed E-state index contributed by atoms with van der Waals surface area (Å²) in [5, 5.41) is 0. The van der Waals surface area contributed by atoms with Crippen LogP contribution in [0.15, 0.2) is 29.2 Å². The zero-order valence-electron chi connectivity index (χ0n) is 17.4. The van der Waals surface area contributed by atoms with Gasteiger partial charge in [0.05, 0.1) is 0 Å². The number of rotatable bonds is 7. The first-order chi connectivity index (χ1) is 13.5. The summed E-state index contributed by atoms with van der Waals surface area (Å²) in [7, 11) is -9.56. The first-order valence-corrected chi connectivity index (χ1v) is 13.3. The van der Waals surface area contributed by atoms with E-state index in [0.29, 0.717) is 12.1 Å². The third kappa shape index (κ3) is 6.35. The Morgan fingerprint density at radius 1 is 0.724 bits per heavy atom. The van der Waals surface area contributed by atoms with Crippen molar-refractivity contribution in [3.05, 3.63) is 29.8 Å². The summed E-state index contributed by atoms with van der Waals surface area (Å²) in [6.07, 6.45) is 14.8. The Kier molecular flexibility index (Phi) is 6.35. The fourth-order valence-electron chi connectivity index (χ4n) is 5.55. The topological polar surface area (TPSA) is 0 Å². The van der Waals surface area contributed by atoms with E-state index in [9.17, 15) is 19.4 Å². The molecule has 2 aliphatic rings. The molecule has 2 aliphatic carbocycles. The molecule has 0 bridgehead atoms. The summed E-state index contributed by atoms with van der Waals surface area (Å²) >= 11 is 0. The van der Waals surface area contributed by atoms with E-state index in [4.69, 9.17) is 0 Å². The van der Waals surface area contributed by atoms with Gasteiger partial charge in [0.15, 0.2) is 0 Å². The maximum atomic E-state index is 12.9. The summed E-state index contributed by atoms with van der Waals surface area (Å²) in [6.45, 7) is 2.24. The third-order valence-electron chi connectivity index (χ3n) is 7.34. The summed E-state index contributed by atoms with van der Waals surface area (Å²) < 4.78 is 64.5. The zero-order valence-corrected chi connectivity index (χ0v) is 18.2. The molecule has 0 unspecified atom stereocenters. The molecule has 0 spiro atoms. The van der Waals surface area contributed by atoms with Gasteiger partial charge >= 0.3 is 10.2 Å². The van der Waals surface area contributed by atoms with Crippen molar-refractivity contribution in [2.75, 3.05) is 0 Å². The van der Waals surface area contributed by atoms with Crippen LogP contribution in [0.4, 0.5) is 19.4 Å². The lowest BCUT2D eigenvalue weighted by atomic mass is 9.68. The van der Waals surface area contributed by atoms with Gasteiger partial charge in [-0.3, -0.25) is 0 Å². The molecule has 3 rings (SSSR count). The minimum atomic E-state index is -9.56. The van der Waals surface area contributed by atoms with Crippen molar-refractivity contribution in [1.29, 1.82) is 0 Å². The van der Waals surface area contributed by atoms with Crippen molar-refractivity contribution in [3.63, 3.8) is 0 Å². The molecule has 2 fully saturated rings. The van der Waals surface area contributed by atoms with Gasteiger partial charge < -0.3 is 0 Å². The van der Waals surface area contributed by atoms with Crippen LogP contribution in [0.5, 0.6) is 0 Å². The summed E-state index contributed by atoms with van der Waals surface area (Å²) in [4.78, 5) is -1.78. The number of hydrogen-bond donors (Lipinski definition) is 0. The molecule has 0 radical (unpaired) electrons. The highest BCUT2D eigenvalue weighted by Crippen LogP contribution is 3.02. The van der Waals surface area contributed by atoms with Crippen LogP contribution in [0.3, 0.4) is 0 Å². The smallest absolute Gasteiger partial charge is 0.0936 e. The van der Waals surface area contributed by atoms with E-state index in [2.05, 4.69) is 6.92 Å². The average molecular weight is 439 g/mol. The van der Waals surface area contributed by atoms with Crippen molar-refractivity contribution >= 4 is 10.2 Å². The predicted octanol–water partition coefficient (Wildman–Crippen LogP) is 10.0. The maximum Gasteiger partial charge on any atom is 0.310 e. The lowest BCUT2D eigenvalue weighted by Crippen LogP contribution is -2.25. The van der Waals surface area contributed by atoms with Crippen molar-refractivity contribution in [2.45, 2.75) is 94.8 Å². The highest BCUT2D eigenvalue weighted by atomic mass is 32.5. The van der Waals surface area contributed by atoms with Gasteiger partial charge in [0, 0.05) is 0 Å². The minimum Gasteiger partial charge on any atom is -0.0936 e. The quantitative estimate of drug-likeness (QED) is 0.293. The molecule has 29 heavy (non-hydrogen) atoms. The second-order valence-corrected chi connectivity index (χ2v) is 11.8. The van der Waals surface area contributed by atoms with Gasteiger partial charge in [-0.05, 0) is 79.9 Å². The molecule has 0 amide bonds. The highest BCUT2D eigenvalue weighted by molar-refractivity contribution is 8.45. The Balaban J connectivity index is 1.48. The van der Waals surface area contributed by atoms with E-state index >= 15 is 0 Å². The molecule has 1 aromatic carbocycles. The monoisotopic (exact) mass is 438 g/mol. The molecule has 0 atom stereocenters. The van der Waals surface area contributed by atoms with Gasteiger partial charge in [-0.25, -0.2) is 0 Å². The van der Waals surface area contributed by atoms with Crippen molar-refractivity contribution in [2.24, 2.45) is 17.8 Å². The van der Waals surface area contributed by atoms with Crippen LogP contribution >= 0.6 is 10.2 Å². The van der Waals surface area contributed by atoms with E-state index in [1.807, 2.05) is 0 Å². The zero-order chi connectivity index (χ0) is 21.2. The van der Waals surface area contributed by atoms with E-state index in [-0.39, 0.29) is 5.92 Å². The summed E-state index contributed by atoms with van der Waals surface area (Å²) in [5.74, 6) is 2.63. The van der Waals surface area contributed by atoms with Crippen LogP contribution in [0.1, 0.15) is 95.5 Å². The minimum absolute atomic E-state index is 0.198. The lowest BCUT2D eigenvalue weighted by molar-refractivity contribution is 0.155. The van der Waals surface area contributed by atoms with Gasteiger partial charge in [0.1, 0.15) is 4.90 Å². The second kappa shape index (κ2) is 8.05. The van der Waals surface area contributed by atoms with Crippen LogP contribution < -0.4 is 0 Å². The van der Waals surface area contributed by atoms with Gasteiger partial charge in [0.2, 0.25) is 0 Å². The number of unbranched alkanes of at least 4 members (excludes halogenated alkanes) is 2. The van der Waals surface area contributed by atoms with E-state index in [0.717, 1.165) is 49.0 Å². The number of benzene rings is 1. The Bertz CT molecular complexity index is 651. The molecule has 0 saturated heterocycles. The Labute approximate surface area is 172 Å². The van der Waals surface area contributed by atoms with E-state index in [1.165, 1.54) is 63.5 Å². The van der Waals surface area contributed by atoms with Crippen molar-refractivity contribution in [1.82, 2.24) is 0 Å². The molecule has 0 aromatic heterocycles. The van der Waals surface area contributed by atoms with Crippen molar-refractivity contribution < 1.29 is 19.4 Å².